The lowest BCUT2D eigenvalue weighted by Gasteiger charge is -2.37. The number of benzene rings is 1. The van der Waals surface area contributed by atoms with Crippen LogP contribution in [0.15, 0.2) is 18.2 Å². The Kier molecular flexibility index (Phi) is 4.85. The molecule has 0 aromatic heterocycles. The number of hydrogen-bond donors (Lipinski definition) is 2. The number of anilines is 1. The summed E-state index contributed by atoms with van der Waals surface area (Å²) in [7, 11) is 0. The van der Waals surface area contributed by atoms with Gasteiger partial charge in [0.15, 0.2) is 0 Å². The van der Waals surface area contributed by atoms with Crippen molar-refractivity contribution in [2.24, 2.45) is 0 Å². The van der Waals surface area contributed by atoms with Crippen molar-refractivity contribution in [1.82, 2.24) is 15.5 Å². The van der Waals surface area contributed by atoms with Crippen LogP contribution in [0.1, 0.15) is 42.5 Å². The standard InChI is InChI=1S/C19H23N5O5/c25-16(23-10-6-19(7-11-23)17(26)20-18(27)21-19)13-4-5-14(15(12-13)24(28)29)22-8-2-1-3-9-22/h4-5,12H,1-3,6-11H2,(H2,20,21,26,27). The van der Waals surface area contributed by atoms with Gasteiger partial charge in [-0.15, -0.1) is 0 Å². The molecule has 154 valence electrons. The number of imide groups is 1. The van der Waals surface area contributed by atoms with Gasteiger partial charge in [-0.25, -0.2) is 4.79 Å². The lowest BCUT2D eigenvalue weighted by molar-refractivity contribution is -0.384. The summed E-state index contributed by atoms with van der Waals surface area (Å²) < 4.78 is 0. The molecular formula is C19H23N5O5. The first-order valence-corrected chi connectivity index (χ1v) is 9.86. The summed E-state index contributed by atoms with van der Waals surface area (Å²) in [5.74, 6) is -0.672. The van der Waals surface area contributed by atoms with Crippen LogP contribution < -0.4 is 15.5 Å². The minimum atomic E-state index is -0.960. The molecule has 3 fully saturated rings. The Hall–Kier alpha value is -3.17. The first-order chi connectivity index (χ1) is 13.9. The van der Waals surface area contributed by atoms with Crippen LogP contribution in [-0.2, 0) is 4.79 Å². The van der Waals surface area contributed by atoms with E-state index in [-0.39, 0.29) is 36.2 Å². The average molecular weight is 401 g/mol. The fourth-order valence-corrected chi connectivity index (χ4v) is 4.36. The minimum absolute atomic E-state index is 0.0614. The molecule has 3 aliphatic heterocycles. The molecule has 0 aliphatic carbocycles. The van der Waals surface area contributed by atoms with E-state index in [0.29, 0.717) is 18.5 Å². The smallest absolute Gasteiger partial charge is 0.322 e. The van der Waals surface area contributed by atoms with Gasteiger partial charge < -0.3 is 15.1 Å². The summed E-state index contributed by atoms with van der Waals surface area (Å²) in [5.41, 5.74) is -0.214. The van der Waals surface area contributed by atoms with Crippen LogP contribution >= 0.6 is 0 Å². The molecule has 0 atom stereocenters. The van der Waals surface area contributed by atoms with Crippen molar-refractivity contribution in [3.8, 4) is 0 Å². The summed E-state index contributed by atoms with van der Waals surface area (Å²) in [5, 5.41) is 16.5. The average Bonchev–Trinajstić information content (AvgIpc) is 3.00. The number of nitro groups is 1. The summed E-state index contributed by atoms with van der Waals surface area (Å²) in [6, 6.07) is 4.12. The van der Waals surface area contributed by atoms with Gasteiger partial charge in [0.2, 0.25) is 0 Å². The molecule has 4 amide bonds. The van der Waals surface area contributed by atoms with Crippen LogP contribution in [0, 0.1) is 10.1 Å². The lowest BCUT2D eigenvalue weighted by atomic mass is 9.87. The summed E-state index contributed by atoms with van der Waals surface area (Å²) in [6.45, 7) is 2.12. The van der Waals surface area contributed by atoms with Crippen LogP contribution in [-0.4, -0.2) is 59.4 Å². The number of nitro benzene ring substituents is 1. The summed E-state index contributed by atoms with van der Waals surface area (Å²) in [4.78, 5) is 51.1. The van der Waals surface area contributed by atoms with Gasteiger partial charge in [0.1, 0.15) is 11.2 Å². The highest BCUT2D eigenvalue weighted by atomic mass is 16.6. The maximum Gasteiger partial charge on any atom is 0.322 e. The third-order valence-corrected chi connectivity index (χ3v) is 6.03. The highest BCUT2D eigenvalue weighted by Crippen LogP contribution is 2.32. The fraction of sp³-hybridized carbons (Fsp3) is 0.526. The van der Waals surface area contributed by atoms with Crippen LogP contribution in [0.5, 0.6) is 0 Å². The molecule has 0 radical (unpaired) electrons. The molecule has 0 saturated carbocycles. The zero-order valence-corrected chi connectivity index (χ0v) is 16.0. The lowest BCUT2D eigenvalue weighted by Crippen LogP contribution is -2.55. The number of carbonyl (C=O) groups is 3. The monoisotopic (exact) mass is 401 g/mol. The predicted molar refractivity (Wildman–Crippen MR) is 104 cm³/mol. The normalized spacial score (nSPS) is 21.1. The number of rotatable bonds is 3. The molecule has 3 heterocycles. The third-order valence-electron chi connectivity index (χ3n) is 6.03. The molecule has 3 aliphatic rings. The number of piperidine rings is 2. The van der Waals surface area contributed by atoms with E-state index in [1.807, 2.05) is 4.90 Å². The maximum atomic E-state index is 12.9. The maximum absolute atomic E-state index is 12.9. The summed E-state index contributed by atoms with van der Waals surface area (Å²) >= 11 is 0. The van der Waals surface area contributed by atoms with Crippen molar-refractivity contribution in [3.63, 3.8) is 0 Å². The van der Waals surface area contributed by atoms with E-state index in [9.17, 15) is 24.5 Å². The van der Waals surface area contributed by atoms with E-state index in [2.05, 4.69) is 10.6 Å². The highest BCUT2D eigenvalue weighted by molar-refractivity contribution is 6.07. The molecule has 1 spiro atoms. The van der Waals surface area contributed by atoms with E-state index in [1.165, 1.54) is 6.07 Å². The number of urea groups is 1. The van der Waals surface area contributed by atoms with E-state index < -0.39 is 16.5 Å². The van der Waals surface area contributed by atoms with E-state index in [0.717, 1.165) is 32.4 Å². The van der Waals surface area contributed by atoms with Gasteiger partial charge in [0.05, 0.1) is 4.92 Å². The number of nitrogens with one attached hydrogen (secondary N) is 2. The number of carbonyl (C=O) groups excluding carboxylic acids is 3. The summed E-state index contributed by atoms with van der Waals surface area (Å²) in [6.07, 6.45) is 3.74. The molecule has 1 aromatic rings. The molecule has 2 N–H and O–H groups in total. The zero-order chi connectivity index (χ0) is 20.6. The SMILES string of the molecule is O=C1NC(=O)C2(CCN(C(=O)c3ccc(N4CCCCC4)c([N+](=O)[O-])c3)CC2)N1. The van der Waals surface area contributed by atoms with Gasteiger partial charge in [-0.1, -0.05) is 0 Å². The van der Waals surface area contributed by atoms with E-state index in [1.54, 1.807) is 17.0 Å². The van der Waals surface area contributed by atoms with E-state index >= 15 is 0 Å². The predicted octanol–water partition coefficient (Wildman–Crippen LogP) is 1.40. The van der Waals surface area contributed by atoms with Crippen LogP contribution in [0.3, 0.4) is 0 Å². The van der Waals surface area contributed by atoms with Crippen LogP contribution in [0.4, 0.5) is 16.2 Å². The Morgan fingerprint density at radius 2 is 1.76 bits per heavy atom. The molecule has 0 unspecified atom stereocenters. The van der Waals surface area contributed by atoms with E-state index in [4.69, 9.17) is 0 Å². The molecule has 10 nitrogen and oxygen atoms in total. The van der Waals surface area contributed by atoms with Crippen molar-refractivity contribution in [3.05, 3.63) is 33.9 Å². The molecular weight excluding hydrogens is 378 g/mol. The Balaban J connectivity index is 1.50. The minimum Gasteiger partial charge on any atom is -0.366 e. The number of hydrogen-bond acceptors (Lipinski definition) is 6. The molecule has 29 heavy (non-hydrogen) atoms. The van der Waals surface area contributed by atoms with Crippen LogP contribution in [0.25, 0.3) is 0 Å². The Bertz CT molecular complexity index is 872. The quantitative estimate of drug-likeness (QED) is 0.448. The Labute approximate surface area is 167 Å². The number of likely N-dealkylation sites (tertiary alicyclic amines) is 1. The van der Waals surface area contributed by atoms with Crippen molar-refractivity contribution in [2.75, 3.05) is 31.1 Å². The van der Waals surface area contributed by atoms with Crippen molar-refractivity contribution >= 4 is 29.2 Å². The fourth-order valence-electron chi connectivity index (χ4n) is 4.36. The van der Waals surface area contributed by atoms with Crippen LogP contribution in [0.2, 0.25) is 0 Å². The highest BCUT2D eigenvalue weighted by Gasteiger charge is 2.48. The molecule has 10 heteroatoms. The van der Waals surface area contributed by atoms with Gasteiger partial charge in [-0.05, 0) is 44.2 Å². The first kappa shape index (κ1) is 19.2. The van der Waals surface area contributed by atoms with Gasteiger partial charge in [0, 0.05) is 37.8 Å². The van der Waals surface area contributed by atoms with Crippen molar-refractivity contribution in [1.29, 1.82) is 0 Å². The number of amides is 4. The Morgan fingerprint density at radius 1 is 1.07 bits per heavy atom. The molecule has 0 bridgehead atoms. The molecule has 3 saturated heterocycles. The molecule has 4 rings (SSSR count). The van der Waals surface area contributed by atoms with Gasteiger partial charge >= 0.3 is 6.03 Å². The second kappa shape index (κ2) is 7.34. The molecule has 1 aromatic carbocycles. The van der Waals surface area contributed by atoms with Gasteiger partial charge in [-0.3, -0.25) is 25.0 Å². The second-order valence-corrected chi connectivity index (χ2v) is 7.79. The van der Waals surface area contributed by atoms with Gasteiger partial charge in [-0.2, -0.15) is 0 Å². The van der Waals surface area contributed by atoms with Crippen molar-refractivity contribution < 1.29 is 19.3 Å². The van der Waals surface area contributed by atoms with Crippen molar-refractivity contribution in [2.45, 2.75) is 37.6 Å². The third kappa shape index (κ3) is 3.50. The second-order valence-electron chi connectivity index (χ2n) is 7.79. The largest absolute Gasteiger partial charge is 0.366 e. The van der Waals surface area contributed by atoms with Gasteiger partial charge in [0.25, 0.3) is 17.5 Å². The Morgan fingerprint density at radius 3 is 2.34 bits per heavy atom. The zero-order valence-electron chi connectivity index (χ0n) is 16.0. The number of nitrogens with zero attached hydrogens (tertiary/aromatic N) is 3. The topological polar surface area (TPSA) is 125 Å². The first-order valence-electron chi connectivity index (χ1n) is 9.86.